The van der Waals surface area contributed by atoms with Crippen LogP contribution in [0.3, 0.4) is 0 Å². The van der Waals surface area contributed by atoms with Gasteiger partial charge < -0.3 is 9.32 Å². The molecule has 4 rings (SSSR count). The summed E-state index contributed by atoms with van der Waals surface area (Å²) in [6, 6.07) is 15.5. The molecule has 0 bridgehead atoms. The van der Waals surface area contributed by atoms with Gasteiger partial charge in [-0.1, -0.05) is 24.3 Å². The summed E-state index contributed by atoms with van der Waals surface area (Å²) in [4.78, 5) is 21.4. The fourth-order valence-electron chi connectivity index (χ4n) is 3.08. The summed E-state index contributed by atoms with van der Waals surface area (Å²) in [5.74, 6) is 0.976. The second kappa shape index (κ2) is 6.45. The number of aromatic nitrogens is 1. The molecule has 1 aliphatic rings. The Labute approximate surface area is 140 Å². The lowest BCUT2D eigenvalue weighted by atomic mass is 10.2. The van der Waals surface area contributed by atoms with Crippen molar-refractivity contribution in [3.8, 4) is 0 Å². The maximum Gasteiger partial charge on any atom is 0.272 e. The van der Waals surface area contributed by atoms with E-state index in [-0.39, 0.29) is 5.91 Å². The minimum atomic E-state index is 0.0124. The van der Waals surface area contributed by atoms with Gasteiger partial charge in [0.1, 0.15) is 11.5 Å². The normalized spacial score (nSPS) is 15.8. The lowest BCUT2D eigenvalue weighted by molar-refractivity contribution is 0.0615. The molecule has 1 aliphatic heterocycles. The Morgan fingerprint density at radius 3 is 2.62 bits per heavy atom. The molecule has 2 aromatic heterocycles. The molecule has 5 nitrogen and oxygen atoms in total. The average molecular weight is 321 g/mol. The Morgan fingerprint density at radius 2 is 1.83 bits per heavy atom. The van der Waals surface area contributed by atoms with Gasteiger partial charge in [0, 0.05) is 31.6 Å². The van der Waals surface area contributed by atoms with Gasteiger partial charge >= 0.3 is 0 Å². The summed E-state index contributed by atoms with van der Waals surface area (Å²) in [5.41, 5.74) is 1.38. The predicted molar refractivity (Wildman–Crippen MR) is 91.6 cm³/mol. The second-order valence-corrected chi connectivity index (χ2v) is 6.04. The summed E-state index contributed by atoms with van der Waals surface area (Å²) >= 11 is 0. The third kappa shape index (κ3) is 3.03. The van der Waals surface area contributed by atoms with Crippen LogP contribution in [-0.4, -0.2) is 46.9 Å². The fourth-order valence-corrected chi connectivity index (χ4v) is 3.08. The van der Waals surface area contributed by atoms with E-state index in [2.05, 4.69) is 9.88 Å². The Morgan fingerprint density at radius 1 is 1.00 bits per heavy atom. The molecule has 0 N–H and O–H groups in total. The van der Waals surface area contributed by atoms with Gasteiger partial charge in [-0.25, -0.2) is 4.98 Å². The Kier molecular flexibility index (Phi) is 4.01. The lowest BCUT2D eigenvalue weighted by Crippen LogP contribution is -2.48. The van der Waals surface area contributed by atoms with E-state index in [0.717, 1.165) is 36.3 Å². The fraction of sp³-hybridized carbons (Fsp3) is 0.263. The van der Waals surface area contributed by atoms with Gasteiger partial charge in [0.05, 0.1) is 18.3 Å². The summed E-state index contributed by atoms with van der Waals surface area (Å²) in [6.45, 7) is 3.92. The summed E-state index contributed by atoms with van der Waals surface area (Å²) in [7, 11) is 0. The molecular weight excluding hydrogens is 302 g/mol. The molecule has 122 valence electrons. The van der Waals surface area contributed by atoms with E-state index in [4.69, 9.17) is 4.42 Å². The van der Waals surface area contributed by atoms with Crippen molar-refractivity contribution in [2.24, 2.45) is 0 Å². The summed E-state index contributed by atoms with van der Waals surface area (Å²) < 4.78 is 5.39. The number of benzene rings is 1. The van der Waals surface area contributed by atoms with Gasteiger partial charge in [-0.15, -0.1) is 0 Å². The van der Waals surface area contributed by atoms with E-state index >= 15 is 0 Å². The minimum absolute atomic E-state index is 0.0124. The smallest absolute Gasteiger partial charge is 0.272 e. The van der Waals surface area contributed by atoms with Crippen molar-refractivity contribution in [2.75, 3.05) is 26.2 Å². The highest BCUT2D eigenvalue weighted by molar-refractivity contribution is 5.95. The van der Waals surface area contributed by atoms with Crippen molar-refractivity contribution in [1.29, 1.82) is 0 Å². The van der Waals surface area contributed by atoms with Crippen LogP contribution in [0, 0.1) is 0 Å². The molecular formula is C19H19N3O2. The predicted octanol–water partition coefficient (Wildman–Crippen LogP) is 2.79. The molecule has 3 aromatic rings. The van der Waals surface area contributed by atoms with Crippen molar-refractivity contribution in [2.45, 2.75) is 6.54 Å². The van der Waals surface area contributed by atoms with E-state index in [1.54, 1.807) is 6.26 Å². The summed E-state index contributed by atoms with van der Waals surface area (Å²) in [5, 5.41) is 1.05. The molecule has 1 aromatic carbocycles. The van der Waals surface area contributed by atoms with Crippen LogP contribution >= 0.6 is 0 Å². The number of nitrogens with zero attached hydrogens (tertiary/aromatic N) is 3. The van der Waals surface area contributed by atoms with Gasteiger partial charge in [0.2, 0.25) is 0 Å². The van der Waals surface area contributed by atoms with Gasteiger partial charge in [-0.2, -0.15) is 0 Å². The van der Waals surface area contributed by atoms with Crippen molar-refractivity contribution in [1.82, 2.24) is 14.8 Å². The third-order valence-electron chi connectivity index (χ3n) is 4.44. The molecule has 0 saturated carbocycles. The van der Waals surface area contributed by atoms with Crippen molar-refractivity contribution >= 4 is 16.8 Å². The van der Waals surface area contributed by atoms with Crippen molar-refractivity contribution in [3.63, 3.8) is 0 Å². The molecule has 3 heterocycles. The van der Waals surface area contributed by atoms with E-state index < -0.39 is 0 Å². The molecule has 24 heavy (non-hydrogen) atoms. The van der Waals surface area contributed by atoms with Crippen LogP contribution < -0.4 is 0 Å². The number of fused-ring (bicyclic) bond motifs is 1. The van der Waals surface area contributed by atoms with Gasteiger partial charge in [0.15, 0.2) is 0 Å². The van der Waals surface area contributed by atoms with Gasteiger partial charge in [-0.05, 0) is 24.3 Å². The average Bonchev–Trinajstić information content (AvgIpc) is 3.14. The quantitative estimate of drug-likeness (QED) is 0.744. The second-order valence-electron chi connectivity index (χ2n) is 6.04. The first-order valence-corrected chi connectivity index (χ1v) is 8.19. The number of pyridine rings is 1. The SMILES string of the molecule is O=C(c1ccc2ccccc2n1)N1CCN(Cc2ccco2)CC1. The van der Waals surface area contributed by atoms with Crippen molar-refractivity contribution in [3.05, 3.63) is 66.2 Å². The standard InChI is InChI=1S/C19H19N3O2/c23-19(18-8-7-15-4-1-2-6-17(15)20-18)22-11-9-21(10-12-22)14-16-5-3-13-24-16/h1-8,13H,9-12,14H2. The van der Waals surface area contributed by atoms with Gasteiger partial charge in [0.25, 0.3) is 5.91 Å². The first-order valence-electron chi connectivity index (χ1n) is 8.19. The first-order chi connectivity index (χ1) is 11.8. The molecule has 0 spiro atoms. The number of piperazine rings is 1. The van der Waals surface area contributed by atoms with Crippen LogP contribution in [0.25, 0.3) is 10.9 Å². The van der Waals surface area contributed by atoms with E-state index in [1.807, 2.05) is 53.4 Å². The van der Waals surface area contributed by atoms with Crippen LogP contribution in [0.15, 0.2) is 59.2 Å². The van der Waals surface area contributed by atoms with Crippen LogP contribution in [0.1, 0.15) is 16.2 Å². The van der Waals surface area contributed by atoms with Gasteiger partial charge in [-0.3, -0.25) is 9.69 Å². The Hall–Kier alpha value is -2.66. The first kappa shape index (κ1) is 14.9. The lowest BCUT2D eigenvalue weighted by Gasteiger charge is -2.34. The molecule has 1 fully saturated rings. The number of rotatable bonds is 3. The molecule has 0 unspecified atom stereocenters. The minimum Gasteiger partial charge on any atom is -0.468 e. The number of amides is 1. The molecule has 5 heteroatoms. The topological polar surface area (TPSA) is 49.6 Å². The highest BCUT2D eigenvalue weighted by atomic mass is 16.3. The van der Waals surface area contributed by atoms with Crippen LogP contribution in [0.4, 0.5) is 0 Å². The Bertz CT molecular complexity index is 837. The zero-order valence-electron chi connectivity index (χ0n) is 13.4. The third-order valence-corrected chi connectivity index (χ3v) is 4.44. The number of para-hydroxylation sites is 1. The zero-order chi connectivity index (χ0) is 16.4. The number of carbonyl (C=O) groups excluding carboxylic acids is 1. The molecule has 0 atom stereocenters. The molecule has 0 radical (unpaired) electrons. The number of hydrogen-bond donors (Lipinski definition) is 0. The summed E-state index contributed by atoms with van der Waals surface area (Å²) in [6.07, 6.45) is 1.69. The maximum atomic E-state index is 12.7. The Balaban J connectivity index is 1.41. The van der Waals surface area contributed by atoms with E-state index in [9.17, 15) is 4.79 Å². The van der Waals surface area contributed by atoms with E-state index in [1.165, 1.54) is 0 Å². The number of furan rings is 1. The highest BCUT2D eigenvalue weighted by Crippen LogP contribution is 2.15. The number of carbonyl (C=O) groups is 1. The zero-order valence-corrected chi connectivity index (χ0v) is 13.4. The monoisotopic (exact) mass is 321 g/mol. The molecule has 1 saturated heterocycles. The largest absolute Gasteiger partial charge is 0.468 e. The highest BCUT2D eigenvalue weighted by Gasteiger charge is 2.23. The molecule has 1 amide bonds. The van der Waals surface area contributed by atoms with Crippen LogP contribution in [-0.2, 0) is 6.54 Å². The molecule has 0 aliphatic carbocycles. The van der Waals surface area contributed by atoms with Crippen molar-refractivity contribution < 1.29 is 9.21 Å². The van der Waals surface area contributed by atoms with E-state index in [0.29, 0.717) is 18.8 Å². The van der Waals surface area contributed by atoms with Crippen LogP contribution in [0.5, 0.6) is 0 Å². The van der Waals surface area contributed by atoms with Crippen LogP contribution in [0.2, 0.25) is 0 Å². The maximum absolute atomic E-state index is 12.7. The number of hydrogen-bond acceptors (Lipinski definition) is 4.